The lowest BCUT2D eigenvalue weighted by atomic mass is 10.0. The van der Waals surface area contributed by atoms with E-state index >= 15 is 0 Å². The fraction of sp³-hybridized carbons (Fsp3) is 0.960. The van der Waals surface area contributed by atoms with Gasteiger partial charge in [0.15, 0.2) is 6.10 Å². The van der Waals surface area contributed by atoms with Gasteiger partial charge in [0, 0.05) is 19.3 Å². The van der Waals surface area contributed by atoms with E-state index in [2.05, 4.69) is 20.8 Å². The van der Waals surface area contributed by atoms with Crippen molar-refractivity contribution in [1.29, 1.82) is 0 Å². The molecular weight excluding hydrogens is 997 g/mol. The predicted molar refractivity (Wildman–Crippen MR) is 354 cm³/mol. The summed E-state index contributed by atoms with van der Waals surface area (Å²) in [7, 11) is 0. The van der Waals surface area contributed by atoms with Crippen molar-refractivity contribution in [3.05, 3.63) is 0 Å². The normalized spacial score (nSPS) is 11.9. The van der Waals surface area contributed by atoms with E-state index < -0.39 is 6.10 Å². The molecule has 0 aromatic rings. The first kappa shape index (κ1) is 79.4. The van der Waals surface area contributed by atoms with Crippen molar-refractivity contribution in [3.8, 4) is 0 Å². The zero-order chi connectivity index (χ0) is 58.5. The Labute approximate surface area is 508 Å². The van der Waals surface area contributed by atoms with E-state index in [0.29, 0.717) is 19.3 Å². The fourth-order valence-corrected chi connectivity index (χ4v) is 12.0. The van der Waals surface area contributed by atoms with Crippen LogP contribution < -0.4 is 0 Å². The van der Waals surface area contributed by atoms with Crippen LogP contribution in [0.1, 0.15) is 445 Å². The zero-order valence-corrected chi connectivity index (χ0v) is 55.6. The lowest BCUT2D eigenvalue weighted by Gasteiger charge is -2.18. The first-order chi connectivity index (χ1) is 40.0. The van der Waals surface area contributed by atoms with Gasteiger partial charge in [-0.2, -0.15) is 0 Å². The monoisotopic (exact) mass is 1140 g/mol. The van der Waals surface area contributed by atoms with Crippen LogP contribution >= 0.6 is 0 Å². The first-order valence-electron chi connectivity index (χ1n) is 37.5. The lowest BCUT2D eigenvalue weighted by molar-refractivity contribution is -0.167. The van der Waals surface area contributed by atoms with Gasteiger partial charge in [-0.1, -0.05) is 406 Å². The molecule has 1 unspecified atom stereocenters. The molecule has 0 saturated heterocycles. The molecule has 482 valence electrons. The van der Waals surface area contributed by atoms with Gasteiger partial charge in [0.2, 0.25) is 0 Å². The van der Waals surface area contributed by atoms with Crippen LogP contribution in [0.25, 0.3) is 0 Å². The predicted octanol–water partition coefficient (Wildman–Crippen LogP) is 25.8. The summed E-state index contributed by atoms with van der Waals surface area (Å²) < 4.78 is 16.8. The third kappa shape index (κ3) is 69.1. The molecule has 0 N–H and O–H groups in total. The van der Waals surface area contributed by atoms with Gasteiger partial charge in [0.25, 0.3) is 0 Å². The SMILES string of the molecule is CCCCCCCCCCCCCCCCCCCCCCCCCCCCCCCCCCCCC(=O)OCC(COC(=O)CCCCCCC)OC(=O)CCCCCCCCCCCCCCCCCCCCCCCCCC. The molecule has 0 aromatic carbocycles. The van der Waals surface area contributed by atoms with E-state index in [4.69, 9.17) is 14.2 Å². The van der Waals surface area contributed by atoms with E-state index in [0.717, 1.165) is 64.2 Å². The van der Waals surface area contributed by atoms with Gasteiger partial charge in [-0.25, -0.2) is 0 Å². The molecule has 6 heteroatoms. The van der Waals surface area contributed by atoms with Gasteiger partial charge in [0.1, 0.15) is 13.2 Å². The highest BCUT2D eigenvalue weighted by Gasteiger charge is 2.20. The Morgan fingerprint density at radius 3 is 0.494 bits per heavy atom. The largest absolute Gasteiger partial charge is 0.462 e. The average molecular weight is 1140 g/mol. The molecule has 0 spiro atoms. The highest BCUT2D eigenvalue weighted by molar-refractivity contribution is 5.71. The second kappa shape index (κ2) is 70.9. The Hall–Kier alpha value is -1.59. The lowest BCUT2D eigenvalue weighted by Crippen LogP contribution is -2.30. The third-order valence-electron chi connectivity index (χ3n) is 17.6. The first-order valence-corrected chi connectivity index (χ1v) is 37.5. The van der Waals surface area contributed by atoms with Crippen molar-refractivity contribution in [3.63, 3.8) is 0 Å². The molecule has 0 radical (unpaired) electrons. The number of hydrogen-bond donors (Lipinski definition) is 0. The van der Waals surface area contributed by atoms with Crippen LogP contribution in [-0.2, 0) is 28.6 Å². The van der Waals surface area contributed by atoms with Crippen LogP contribution in [0.3, 0.4) is 0 Å². The zero-order valence-electron chi connectivity index (χ0n) is 55.6. The Balaban J connectivity index is 3.83. The Bertz CT molecular complexity index is 1220. The second-order valence-electron chi connectivity index (χ2n) is 25.9. The van der Waals surface area contributed by atoms with Crippen molar-refractivity contribution in [2.75, 3.05) is 13.2 Å². The number of hydrogen-bond acceptors (Lipinski definition) is 6. The van der Waals surface area contributed by atoms with Crippen molar-refractivity contribution < 1.29 is 28.6 Å². The van der Waals surface area contributed by atoms with E-state index in [1.54, 1.807) is 0 Å². The van der Waals surface area contributed by atoms with Gasteiger partial charge in [-0.05, 0) is 19.3 Å². The van der Waals surface area contributed by atoms with Crippen LogP contribution in [-0.4, -0.2) is 37.2 Å². The van der Waals surface area contributed by atoms with Gasteiger partial charge in [0.05, 0.1) is 0 Å². The molecule has 0 rings (SSSR count). The number of carbonyl (C=O) groups excluding carboxylic acids is 3. The van der Waals surface area contributed by atoms with Crippen molar-refractivity contribution >= 4 is 17.9 Å². The number of carbonyl (C=O) groups is 3. The standard InChI is InChI=1S/C75H146O6/c1-4-7-10-13-15-17-19-21-23-25-27-29-31-33-34-35-36-37-38-39-40-41-42-44-45-47-49-51-53-55-57-59-62-65-68-74(77)80-71-72(70-79-73(76)67-64-61-12-9-6-3)81-75(78)69-66-63-60-58-56-54-52-50-48-46-43-32-30-28-26-24-22-20-18-16-14-11-8-5-2/h72H,4-71H2,1-3H3. The minimum absolute atomic E-state index is 0.0620. The molecule has 0 aliphatic rings. The molecule has 6 nitrogen and oxygen atoms in total. The molecular formula is C75H146O6. The Morgan fingerprint density at radius 2 is 0.333 bits per heavy atom. The topological polar surface area (TPSA) is 78.9 Å². The minimum atomic E-state index is -0.761. The smallest absolute Gasteiger partial charge is 0.306 e. The molecule has 0 fully saturated rings. The summed E-state index contributed by atoms with van der Waals surface area (Å²) in [5.41, 5.74) is 0. The van der Waals surface area contributed by atoms with Gasteiger partial charge in [-0.3, -0.25) is 14.4 Å². The maximum Gasteiger partial charge on any atom is 0.306 e. The summed E-state index contributed by atoms with van der Waals surface area (Å²) in [6, 6.07) is 0. The molecule has 0 heterocycles. The molecule has 0 aromatic heterocycles. The van der Waals surface area contributed by atoms with Gasteiger partial charge < -0.3 is 14.2 Å². The maximum atomic E-state index is 12.9. The summed E-state index contributed by atoms with van der Waals surface area (Å²) in [6.07, 6.45) is 85.1. The summed E-state index contributed by atoms with van der Waals surface area (Å²) >= 11 is 0. The quantitative estimate of drug-likeness (QED) is 0.0343. The maximum absolute atomic E-state index is 12.9. The van der Waals surface area contributed by atoms with Crippen LogP contribution in [0.2, 0.25) is 0 Å². The van der Waals surface area contributed by atoms with Crippen LogP contribution in [0, 0.1) is 0 Å². The van der Waals surface area contributed by atoms with Crippen LogP contribution in [0.15, 0.2) is 0 Å². The highest BCUT2D eigenvalue weighted by Crippen LogP contribution is 2.20. The van der Waals surface area contributed by atoms with Crippen molar-refractivity contribution in [1.82, 2.24) is 0 Å². The van der Waals surface area contributed by atoms with E-state index in [9.17, 15) is 14.4 Å². The summed E-state index contributed by atoms with van der Waals surface area (Å²) in [6.45, 7) is 6.66. The number of ether oxygens (including phenoxy) is 3. The molecule has 0 aliphatic carbocycles. The van der Waals surface area contributed by atoms with E-state index in [-0.39, 0.29) is 31.1 Å². The molecule has 0 amide bonds. The fourth-order valence-electron chi connectivity index (χ4n) is 12.0. The second-order valence-corrected chi connectivity index (χ2v) is 25.9. The molecule has 81 heavy (non-hydrogen) atoms. The van der Waals surface area contributed by atoms with Crippen LogP contribution in [0.4, 0.5) is 0 Å². The number of rotatable bonds is 71. The van der Waals surface area contributed by atoms with Crippen molar-refractivity contribution in [2.45, 2.75) is 451 Å². The number of esters is 3. The average Bonchev–Trinajstić information content (AvgIpc) is 3.47. The minimum Gasteiger partial charge on any atom is -0.462 e. The summed E-state index contributed by atoms with van der Waals surface area (Å²) in [4.78, 5) is 38.0. The third-order valence-corrected chi connectivity index (χ3v) is 17.6. The molecule has 0 aliphatic heterocycles. The Morgan fingerprint density at radius 1 is 0.198 bits per heavy atom. The van der Waals surface area contributed by atoms with Gasteiger partial charge >= 0.3 is 17.9 Å². The van der Waals surface area contributed by atoms with Crippen LogP contribution in [0.5, 0.6) is 0 Å². The summed E-state index contributed by atoms with van der Waals surface area (Å²) in [5.74, 6) is -0.841. The van der Waals surface area contributed by atoms with E-state index in [1.165, 1.54) is 340 Å². The molecule has 1 atom stereocenters. The van der Waals surface area contributed by atoms with Crippen molar-refractivity contribution in [2.24, 2.45) is 0 Å². The van der Waals surface area contributed by atoms with Gasteiger partial charge in [-0.15, -0.1) is 0 Å². The highest BCUT2D eigenvalue weighted by atomic mass is 16.6. The summed E-state index contributed by atoms with van der Waals surface area (Å²) in [5, 5.41) is 0. The van der Waals surface area contributed by atoms with E-state index in [1.807, 2.05) is 0 Å². The molecule has 0 saturated carbocycles. The Kier molecular flexibility index (Phi) is 69.5. The number of unbranched alkanes of at least 4 members (excludes halogenated alkanes) is 60. The molecule has 0 bridgehead atoms.